The third-order valence-corrected chi connectivity index (χ3v) is 5.37. The van der Waals surface area contributed by atoms with E-state index < -0.39 is 23.3 Å². The van der Waals surface area contributed by atoms with Gasteiger partial charge in [0.05, 0.1) is 6.54 Å². The number of aromatic nitrogens is 3. The van der Waals surface area contributed by atoms with Crippen LogP contribution in [0.15, 0.2) is 55.1 Å². The van der Waals surface area contributed by atoms with Crippen LogP contribution in [0.1, 0.15) is 23.6 Å². The van der Waals surface area contributed by atoms with E-state index in [1.54, 1.807) is 0 Å². The zero-order chi connectivity index (χ0) is 19.0. The molecule has 27 heavy (non-hydrogen) atoms. The van der Waals surface area contributed by atoms with Crippen LogP contribution in [0.3, 0.4) is 0 Å². The third kappa shape index (κ3) is 3.24. The van der Waals surface area contributed by atoms with E-state index in [9.17, 15) is 13.9 Å². The van der Waals surface area contributed by atoms with Crippen molar-refractivity contribution >= 4 is 0 Å². The minimum Gasteiger partial charge on any atom is -0.381 e. The van der Waals surface area contributed by atoms with Crippen molar-refractivity contribution in [3.8, 4) is 0 Å². The minimum atomic E-state index is -1.62. The van der Waals surface area contributed by atoms with Crippen LogP contribution < -0.4 is 0 Å². The quantitative estimate of drug-likeness (QED) is 0.750. The Labute approximate surface area is 155 Å². The molecule has 0 spiro atoms. The maximum Gasteiger partial charge on any atom is 0.137 e. The molecule has 5 nitrogen and oxygen atoms in total. The summed E-state index contributed by atoms with van der Waals surface area (Å²) in [5.74, 6) is -1.46. The maximum atomic E-state index is 14.6. The number of nitrogens with zero attached hydrogens (tertiary/aromatic N) is 4. The SMILES string of the molecule is C[C@H](N1Cc2ccccc2C1)[C@@](O)(Cn1cncn1)c1ccc(F)cc1F. The molecule has 0 aliphatic carbocycles. The molecule has 2 atom stereocenters. The molecular formula is C20H20F2N4O. The number of hydrogen-bond donors (Lipinski definition) is 1. The van der Waals surface area contributed by atoms with Gasteiger partial charge in [-0.15, -0.1) is 0 Å². The van der Waals surface area contributed by atoms with Gasteiger partial charge in [0.1, 0.15) is 29.9 Å². The number of aliphatic hydroxyl groups is 1. The average Bonchev–Trinajstić information content (AvgIpc) is 3.29. The van der Waals surface area contributed by atoms with E-state index in [4.69, 9.17) is 0 Å². The molecule has 1 aliphatic heterocycles. The number of benzene rings is 2. The van der Waals surface area contributed by atoms with Crippen LogP contribution in [0, 0.1) is 11.6 Å². The van der Waals surface area contributed by atoms with Gasteiger partial charge in [0, 0.05) is 30.8 Å². The van der Waals surface area contributed by atoms with Gasteiger partial charge >= 0.3 is 0 Å². The summed E-state index contributed by atoms with van der Waals surface area (Å²) in [5, 5.41) is 15.7. The molecular weight excluding hydrogens is 350 g/mol. The van der Waals surface area contributed by atoms with Gasteiger partial charge < -0.3 is 5.11 Å². The van der Waals surface area contributed by atoms with E-state index in [0.29, 0.717) is 13.1 Å². The molecule has 2 aromatic carbocycles. The molecule has 0 fully saturated rings. The molecule has 140 valence electrons. The zero-order valence-corrected chi connectivity index (χ0v) is 14.9. The van der Waals surface area contributed by atoms with Crippen molar-refractivity contribution in [2.75, 3.05) is 0 Å². The second-order valence-corrected chi connectivity index (χ2v) is 6.99. The predicted molar refractivity (Wildman–Crippen MR) is 95.4 cm³/mol. The Kier molecular flexibility index (Phi) is 4.49. The molecule has 2 heterocycles. The Balaban J connectivity index is 1.71. The predicted octanol–water partition coefficient (Wildman–Crippen LogP) is 2.85. The lowest BCUT2D eigenvalue weighted by Gasteiger charge is -2.39. The van der Waals surface area contributed by atoms with E-state index in [0.717, 1.165) is 12.1 Å². The fourth-order valence-electron chi connectivity index (χ4n) is 3.78. The van der Waals surface area contributed by atoms with Gasteiger partial charge in [-0.3, -0.25) is 4.90 Å². The fourth-order valence-corrected chi connectivity index (χ4v) is 3.78. The van der Waals surface area contributed by atoms with E-state index in [1.165, 1.54) is 34.5 Å². The molecule has 0 bridgehead atoms. The molecule has 0 radical (unpaired) electrons. The van der Waals surface area contributed by atoms with Crippen molar-refractivity contribution in [1.29, 1.82) is 0 Å². The number of rotatable bonds is 5. The summed E-state index contributed by atoms with van der Waals surface area (Å²) in [5.41, 5.74) is 0.801. The minimum absolute atomic E-state index is 0.00354. The van der Waals surface area contributed by atoms with Crippen LogP contribution >= 0.6 is 0 Å². The Morgan fingerprint density at radius 2 is 1.85 bits per heavy atom. The lowest BCUT2D eigenvalue weighted by Crippen LogP contribution is -2.50. The number of fused-ring (bicyclic) bond motifs is 1. The lowest BCUT2D eigenvalue weighted by atomic mass is 9.85. The third-order valence-electron chi connectivity index (χ3n) is 5.37. The number of hydrogen-bond acceptors (Lipinski definition) is 4. The summed E-state index contributed by atoms with van der Waals surface area (Å²) in [6.07, 6.45) is 2.83. The molecule has 1 N–H and O–H groups in total. The fraction of sp³-hybridized carbons (Fsp3) is 0.300. The Morgan fingerprint density at radius 3 is 2.44 bits per heavy atom. The monoisotopic (exact) mass is 370 g/mol. The van der Waals surface area contributed by atoms with Crippen LogP contribution in [-0.2, 0) is 25.2 Å². The molecule has 0 unspecified atom stereocenters. The van der Waals surface area contributed by atoms with Gasteiger partial charge in [0.2, 0.25) is 0 Å². The lowest BCUT2D eigenvalue weighted by molar-refractivity contribution is -0.0657. The molecule has 3 aromatic rings. The van der Waals surface area contributed by atoms with E-state index in [2.05, 4.69) is 27.1 Å². The van der Waals surface area contributed by atoms with Crippen molar-refractivity contribution in [3.05, 3.63) is 83.4 Å². The highest BCUT2D eigenvalue weighted by atomic mass is 19.1. The summed E-state index contributed by atoms with van der Waals surface area (Å²) in [7, 11) is 0. The van der Waals surface area contributed by atoms with E-state index in [1.807, 2.05) is 19.1 Å². The molecule has 1 aromatic heterocycles. The summed E-state index contributed by atoms with van der Waals surface area (Å²) in [6, 6.07) is 10.9. The highest BCUT2D eigenvalue weighted by Crippen LogP contribution is 2.36. The summed E-state index contributed by atoms with van der Waals surface area (Å²) >= 11 is 0. The van der Waals surface area contributed by atoms with Crippen molar-refractivity contribution < 1.29 is 13.9 Å². The first kappa shape index (κ1) is 17.8. The standard InChI is InChI=1S/C20H20F2N4O/c1-14(25-9-15-4-2-3-5-16(15)10-25)20(27,11-26-13-23-12-24-26)18-7-6-17(21)8-19(18)22/h2-8,12-14,27H,9-11H2,1H3/t14-,20-/m0/s1. The molecule has 4 rings (SSSR count). The van der Waals surface area contributed by atoms with Gasteiger partial charge in [-0.25, -0.2) is 18.4 Å². The molecule has 0 saturated carbocycles. The first-order valence-electron chi connectivity index (χ1n) is 8.78. The average molecular weight is 370 g/mol. The second kappa shape index (κ2) is 6.83. The Morgan fingerprint density at radius 1 is 1.15 bits per heavy atom. The zero-order valence-electron chi connectivity index (χ0n) is 14.9. The molecule has 0 amide bonds. The smallest absolute Gasteiger partial charge is 0.137 e. The second-order valence-electron chi connectivity index (χ2n) is 6.99. The Bertz CT molecular complexity index is 922. The van der Waals surface area contributed by atoms with Crippen molar-refractivity contribution in [1.82, 2.24) is 19.7 Å². The van der Waals surface area contributed by atoms with Crippen LogP contribution in [0.5, 0.6) is 0 Å². The highest BCUT2D eigenvalue weighted by molar-refractivity contribution is 5.32. The van der Waals surface area contributed by atoms with Crippen LogP contribution in [0.4, 0.5) is 8.78 Å². The molecule has 7 heteroatoms. The van der Waals surface area contributed by atoms with E-state index >= 15 is 0 Å². The highest BCUT2D eigenvalue weighted by Gasteiger charge is 2.43. The number of halogens is 2. The van der Waals surface area contributed by atoms with Gasteiger partial charge in [-0.1, -0.05) is 30.3 Å². The van der Waals surface area contributed by atoms with Crippen molar-refractivity contribution in [2.45, 2.75) is 38.2 Å². The normalized spacial score (nSPS) is 17.5. The molecule has 0 saturated heterocycles. The molecule has 1 aliphatic rings. The van der Waals surface area contributed by atoms with Crippen LogP contribution in [0.2, 0.25) is 0 Å². The van der Waals surface area contributed by atoms with Crippen LogP contribution in [-0.4, -0.2) is 30.8 Å². The Hall–Kier alpha value is -2.64. The van der Waals surface area contributed by atoms with Crippen LogP contribution in [0.25, 0.3) is 0 Å². The topological polar surface area (TPSA) is 54.2 Å². The summed E-state index contributed by atoms with van der Waals surface area (Å²) in [4.78, 5) is 5.99. The first-order valence-corrected chi connectivity index (χ1v) is 8.78. The first-order chi connectivity index (χ1) is 13.0. The summed E-state index contributed by atoms with van der Waals surface area (Å²) < 4.78 is 29.5. The van der Waals surface area contributed by atoms with Gasteiger partial charge in [0.25, 0.3) is 0 Å². The van der Waals surface area contributed by atoms with Gasteiger partial charge in [0.15, 0.2) is 0 Å². The van der Waals surface area contributed by atoms with Gasteiger partial charge in [-0.05, 0) is 24.1 Å². The maximum absolute atomic E-state index is 14.6. The largest absolute Gasteiger partial charge is 0.381 e. The van der Waals surface area contributed by atoms with E-state index in [-0.39, 0.29) is 12.1 Å². The van der Waals surface area contributed by atoms with Gasteiger partial charge in [-0.2, -0.15) is 5.10 Å². The van der Waals surface area contributed by atoms with Crippen molar-refractivity contribution in [2.24, 2.45) is 0 Å². The van der Waals surface area contributed by atoms with Crippen molar-refractivity contribution in [3.63, 3.8) is 0 Å². The summed E-state index contributed by atoms with van der Waals surface area (Å²) in [6.45, 7) is 3.16.